The molecule has 3 aromatic carbocycles. The van der Waals surface area contributed by atoms with Gasteiger partial charge in [0.05, 0.1) is 29.4 Å². The summed E-state index contributed by atoms with van der Waals surface area (Å²) >= 11 is 5.95. The number of alkyl halides is 3. The van der Waals surface area contributed by atoms with Crippen LogP contribution in [0.1, 0.15) is 30.5 Å². The molecule has 1 heterocycles. The van der Waals surface area contributed by atoms with Crippen molar-refractivity contribution in [2.45, 2.75) is 32.1 Å². The van der Waals surface area contributed by atoms with E-state index < -0.39 is 34.8 Å². The average Bonchev–Trinajstić information content (AvgIpc) is 3.00. The lowest BCUT2D eigenvalue weighted by molar-refractivity contribution is -0.137. The first-order chi connectivity index (χ1) is 16.9. The summed E-state index contributed by atoms with van der Waals surface area (Å²) in [5.41, 5.74) is -1.25. The fourth-order valence-electron chi connectivity index (χ4n) is 3.97. The summed E-state index contributed by atoms with van der Waals surface area (Å²) in [7, 11) is 0. The Morgan fingerprint density at radius 1 is 1.03 bits per heavy atom. The molecule has 1 aliphatic heterocycles. The van der Waals surface area contributed by atoms with Crippen molar-refractivity contribution in [3.05, 3.63) is 88.4 Å². The van der Waals surface area contributed by atoms with Crippen molar-refractivity contribution in [2.75, 3.05) is 10.2 Å². The molecule has 10 heteroatoms. The highest BCUT2D eigenvalue weighted by Gasteiger charge is 2.52. The smallest absolute Gasteiger partial charge is 0.355 e. The third-order valence-electron chi connectivity index (χ3n) is 5.98. The number of imide groups is 1. The van der Waals surface area contributed by atoms with Gasteiger partial charge < -0.3 is 10.2 Å². The van der Waals surface area contributed by atoms with E-state index in [-0.39, 0.29) is 12.2 Å². The summed E-state index contributed by atoms with van der Waals surface area (Å²) in [6.45, 7) is 3.10. The SMILES string of the molecule is CC1(C)C(=O)N(c2ccc(C#N)c(C(F)(F)F)c2)C(=O)N1Cc1ccccc1Nc1ccc(Cl)cc1. The molecule has 6 nitrogen and oxygen atoms in total. The first kappa shape index (κ1) is 25.1. The number of nitriles is 1. The van der Waals surface area contributed by atoms with Gasteiger partial charge in [-0.05, 0) is 67.9 Å². The Labute approximate surface area is 210 Å². The van der Waals surface area contributed by atoms with Crippen LogP contribution in [0.2, 0.25) is 5.02 Å². The second-order valence-electron chi connectivity index (χ2n) is 8.70. The number of hydrogen-bond donors (Lipinski definition) is 1. The van der Waals surface area contributed by atoms with Gasteiger partial charge in [-0.2, -0.15) is 18.4 Å². The number of anilines is 3. The summed E-state index contributed by atoms with van der Waals surface area (Å²) in [6, 6.07) is 17.7. The van der Waals surface area contributed by atoms with Crippen molar-refractivity contribution in [2.24, 2.45) is 0 Å². The number of halogens is 4. The van der Waals surface area contributed by atoms with Gasteiger partial charge in [0.2, 0.25) is 0 Å². The monoisotopic (exact) mass is 512 g/mol. The van der Waals surface area contributed by atoms with Crippen molar-refractivity contribution < 1.29 is 22.8 Å². The molecule has 0 unspecified atom stereocenters. The zero-order chi connectivity index (χ0) is 26.3. The van der Waals surface area contributed by atoms with E-state index in [4.69, 9.17) is 16.9 Å². The fourth-order valence-corrected chi connectivity index (χ4v) is 4.10. The van der Waals surface area contributed by atoms with Gasteiger partial charge in [0, 0.05) is 16.4 Å². The molecule has 0 atom stereocenters. The topological polar surface area (TPSA) is 76.4 Å². The molecule has 1 aliphatic rings. The second-order valence-corrected chi connectivity index (χ2v) is 9.13. The number of amides is 3. The van der Waals surface area contributed by atoms with E-state index in [1.54, 1.807) is 36.4 Å². The molecule has 36 heavy (non-hydrogen) atoms. The van der Waals surface area contributed by atoms with Crippen molar-refractivity contribution in [3.63, 3.8) is 0 Å². The summed E-state index contributed by atoms with van der Waals surface area (Å²) in [5, 5.41) is 12.9. The highest BCUT2D eigenvalue weighted by atomic mass is 35.5. The molecule has 0 radical (unpaired) electrons. The minimum Gasteiger partial charge on any atom is -0.355 e. The summed E-state index contributed by atoms with van der Waals surface area (Å²) in [6.07, 6.45) is -4.83. The van der Waals surface area contributed by atoms with Crippen LogP contribution in [0.3, 0.4) is 0 Å². The Hall–Kier alpha value is -4.03. The number of nitrogens with one attached hydrogen (secondary N) is 1. The van der Waals surface area contributed by atoms with Gasteiger partial charge in [-0.1, -0.05) is 29.8 Å². The third kappa shape index (κ3) is 4.60. The quantitative estimate of drug-likeness (QED) is 0.385. The standard InChI is InChI=1S/C26H20ClF3N4O2/c1-25(2)23(35)34(20-12-7-16(14-31)21(13-20)26(28,29)30)24(36)33(25)15-17-5-3-4-6-22(17)32-19-10-8-18(27)9-11-19/h3-13,32H,15H2,1-2H3. The number of benzene rings is 3. The maximum atomic E-state index is 13.5. The third-order valence-corrected chi connectivity index (χ3v) is 6.23. The number of nitrogens with zero attached hydrogens (tertiary/aromatic N) is 3. The summed E-state index contributed by atoms with van der Waals surface area (Å²) in [5.74, 6) is -0.673. The summed E-state index contributed by atoms with van der Waals surface area (Å²) in [4.78, 5) is 28.7. The number of carbonyl (C=O) groups is 2. The van der Waals surface area contributed by atoms with E-state index >= 15 is 0 Å². The number of hydrogen-bond acceptors (Lipinski definition) is 4. The van der Waals surface area contributed by atoms with Crippen molar-refractivity contribution >= 4 is 40.6 Å². The Morgan fingerprint density at radius 3 is 2.33 bits per heavy atom. The number of para-hydroxylation sites is 1. The van der Waals surface area contributed by atoms with Gasteiger partial charge in [-0.3, -0.25) is 4.79 Å². The molecule has 1 fully saturated rings. The van der Waals surface area contributed by atoms with Crippen LogP contribution < -0.4 is 10.2 Å². The van der Waals surface area contributed by atoms with E-state index in [2.05, 4.69) is 5.32 Å². The summed E-state index contributed by atoms with van der Waals surface area (Å²) < 4.78 is 40.5. The van der Waals surface area contributed by atoms with Gasteiger partial charge in [0.15, 0.2) is 0 Å². The van der Waals surface area contributed by atoms with Crippen molar-refractivity contribution in [1.29, 1.82) is 5.26 Å². The Morgan fingerprint density at radius 2 is 1.69 bits per heavy atom. The maximum Gasteiger partial charge on any atom is 0.417 e. The van der Waals surface area contributed by atoms with Crippen LogP contribution >= 0.6 is 11.6 Å². The van der Waals surface area contributed by atoms with E-state index in [1.165, 1.54) is 30.9 Å². The molecule has 184 valence electrons. The van der Waals surface area contributed by atoms with Crippen molar-refractivity contribution in [3.8, 4) is 6.07 Å². The molecule has 3 amide bonds. The number of urea groups is 1. The van der Waals surface area contributed by atoms with E-state index in [9.17, 15) is 22.8 Å². The Bertz CT molecular complexity index is 1380. The number of carbonyl (C=O) groups excluding carboxylic acids is 2. The van der Waals surface area contributed by atoms with Gasteiger partial charge in [-0.15, -0.1) is 0 Å². The highest BCUT2D eigenvalue weighted by molar-refractivity contribution is 6.30. The van der Waals surface area contributed by atoms with Gasteiger partial charge in [-0.25, -0.2) is 9.69 Å². The predicted molar refractivity (Wildman–Crippen MR) is 130 cm³/mol. The first-order valence-corrected chi connectivity index (χ1v) is 11.2. The average molecular weight is 513 g/mol. The van der Waals surface area contributed by atoms with E-state index in [0.717, 1.165) is 16.7 Å². The van der Waals surface area contributed by atoms with Gasteiger partial charge in [0.1, 0.15) is 5.54 Å². The minimum atomic E-state index is -4.83. The molecule has 0 aromatic heterocycles. The zero-order valence-electron chi connectivity index (χ0n) is 19.2. The molecule has 0 spiro atoms. The van der Waals surface area contributed by atoms with Crippen molar-refractivity contribution in [1.82, 2.24) is 4.90 Å². The lowest BCUT2D eigenvalue weighted by Crippen LogP contribution is -2.43. The molecular formula is C26H20ClF3N4O2. The highest BCUT2D eigenvalue weighted by Crippen LogP contribution is 2.38. The van der Waals surface area contributed by atoms with Crippen LogP contribution in [0.15, 0.2) is 66.7 Å². The molecule has 1 N–H and O–H groups in total. The van der Waals surface area contributed by atoms with Crippen LogP contribution in [-0.4, -0.2) is 22.4 Å². The molecule has 0 bridgehead atoms. The van der Waals surface area contributed by atoms with Gasteiger partial charge >= 0.3 is 12.2 Å². The molecule has 0 saturated carbocycles. The van der Waals surface area contributed by atoms with Crippen LogP contribution in [0, 0.1) is 11.3 Å². The number of rotatable bonds is 5. The van der Waals surface area contributed by atoms with E-state index in [0.29, 0.717) is 22.3 Å². The molecule has 4 rings (SSSR count). The van der Waals surface area contributed by atoms with Crippen LogP contribution in [0.5, 0.6) is 0 Å². The molecule has 0 aliphatic carbocycles. The van der Waals surface area contributed by atoms with Crippen LogP contribution in [0.25, 0.3) is 0 Å². The van der Waals surface area contributed by atoms with Crippen LogP contribution in [0.4, 0.5) is 35.0 Å². The Kier molecular flexibility index (Phi) is 6.41. The largest absolute Gasteiger partial charge is 0.417 e. The lowest BCUT2D eigenvalue weighted by Gasteiger charge is -2.28. The second kappa shape index (κ2) is 9.21. The maximum absolute atomic E-state index is 13.5. The fraction of sp³-hybridized carbons (Fsp3) is 0.192. The predicted octanol–water partition coefficient (Wildman–Crippen LogP) is 6.72. The van der Waals surface area contributed by atoms with Crippen LogP contribution in [-0.2, 0) is 17.5 Å². The molecule has 1 saturated heterocycles. The lowest BCUT2D eigenvalue weighted by atomic mass is 10.0. The Balaban J connectivity index is 1.67. The van der Waals surface area contributed by atoms with E-state index in [1.807, 2.05) is 12.1 Å². The zero-order valence-corrected chi connectivity index (χ0v) is 20.0. The molecular weight excluding hydrogens is 493 g/mol. The van der Waals surface area contributed by atoms with Gasteiger partial charge in [0.25, 0.3) is 5.91 Å². The normalized spacial score (nSPS) is 15.2. The minimum absolute atomic E-state index is 0.0211. The first-order valence-electron chi connectivity index (χ1n) is 10.8. The molecule has 3 aromatic rings.